The lowest BCUT2D eigenvalue weighted by molar-refractivity contribution is -0.135. The summed E-state index contributed by atoms with van der Waals surface area (Å²) in [5.74, 6) is 0.849. The predicted molar refractivity (Wildman–Crippen MR) is 125 cm³/mol. The molecule has 1 aliphatic rings. The second-order valence-corrected chi connectivity index (χ2v) is 8.76. The highest BCUT2D eigenvalue weighted by Gasteiger charge is 2.26. The monoisotopic (exact) mass is 499 g/mol. The molecular weight excluding hydrogens is 475 g/mol. The average molecular weight is 499 g/mol. The van der Waals surface area contributed by atoms with E-state index in [2.05, 4.69) is 30.7 Å². The Morgan fingerprint density at radius 1 is 1.08 bits per heavy atom. The van der Waals surface area contributed by atoms with Crippen LogP contribution in [0.4, 0.5) is 13.2 Å². The molecule has 188 valence electrons. The van der Waals surface area contributed by atoms with Crippen LogP contribution in [0.1, 0.15) is 44.6 Å². The van der Waals surface area contributed by atoms with E-state index in [1.807, 2.05) is 35.1 Å². The maximum atomic E-state index is 13.1. The highest BCUT2D eigenvalue weighted by molar-refractivity contribution is 5.81. The number of ether oxygens (including phenoxy) is 1. The second-order valence-electron chi connectivity index (χ2n) is 8.76. The summed E-state index contributed by atoms with van der Waals surface area (Å²) in [5, 5.41) is 18.4. The Balaban J connectivity index is 1.33. The van der Waals surface area contributed by atoms with Crippen LogP contribution in [0.25, 0.3) is 33.9 Å². The molecule has 9 nitrogen and oxygen atoms in total. The quantitative estimate of drug-likeness (QED) is 0.299. The zero-order valence-corrected chi connectivity index (χ0v) is 19.3. The van der Waals surface area contributed by atoms with Crippen LogP contribution in [0, 0.1) is 0 Å². The second kappa shape index (κ2) is 9.96. The Kier molecular flexibility index (Phi) is 6.57. The maximum absolute atomic E-state index is 13.1. The third kappa shape index (κ3) is 5.64. The minimum Gasteiger partial charge on any atom is -0.494 e. The average Bonchev–Trinajstić information content (AvgIpc) is 3.34. The topological polar surface area (TPSA) is 114 Å². The van der Waals surface area contributed by atoms with E-state index < -0.39 is 12.6 Å². The normalized spacial score (nSPS) is 13.8. The van der Waals surface area contributed by atoms with E-state index >= 15 is 0 Å². The van der Waals surface area contributed by atoms with Crippen LogP contribution >= 0.6 is 0 Å². The molecular formula is C24H24F3N7O2. The van der Waals surface area contributed by atoms with Crippen LogP contribution < -0.4 is 10.3 Å². The van der Waals surface area contributed by atoms with Gasteiger partial charge in [-0.1, -0.05) is 0 Å². The molecule has 0 radical (unpaired) electrons. The van der Waals surface area contributed by atoms with Gasteiger partial charge >= 0.3 is 6.18 Å². The number of alkyl halides is 3. The summed E-state index contributed by atoms with van der Waals surface area (Å²) in [6.45, 7) is 0.335. The SMILES string of the molecule is O=c1[nH]c(-c2ccc(OCCCCCC(F)(F)F)cc2)cc(-c2ccn(C3CC3)n2)c1-c1nnn[nH]1. The van der Waals surface area contributed by atoms with Crippen molar-refractivity contribution in [1.29, 1.82) is 0 Å². The largest absolute Gasteiger partial charge is 0.494 e. The van der Waals surface area contributed by atoms with E-state index in [-0.39, 0.29) is 17.8 Å². The molecule has 1 fully saturated rings. The smallest absolute Gasteiger partial charge is 0.389 e. The maximum Gasteiger partial charge on any atom is 0.389 e. The number of aromatic amines is 2. The van der Waals surface area contributed by atoms with Crippen LogP contribution in [0.5, 0.6) is 5.75 Å². The fourth-order valence-corrected chi connectivity index (χ4v) is 3.97. The zero-order chi connectivity index (χ0) is 25.1. The Morgan fingerprint density at radius 3 is 2.58 bits per heavy atom. The number of rotatable bonds is 10. The minimum atomic E-state index is -4.11. The van der Waals surface area contributed by atoms with Gasteiger partial charge in [0.1, 0.15) is 5.75 Å². The van der Waals surface area contributed by atoms with Crippen molar-refractivity contribution in [2.24, 2.45) is 0 Å². The standard InChI is InChI=1S/C24H24F3N7O2/c25-24(26,27)11-2-1-3-13-36-17-8-4-15(5-9-17)20-14-18(19-10-12-34(31-19)16-6-7-16)21(23(35)28-20)22-29-32-33-30-22/h4-5,8-10,12,14,16H,1-3,6-7,11,13H2,(H,28,35)(H,29,30,32,33). The Hall–Kier alpha value is -3.96. The fraction of sp³-hybridized carbons (Fsp3) is 0.375. The van der Waals surface area contributed by atoms with Gasteiger partial charge in [-0.3, -0.25) is 9.48 Å². The van der Waals surface area contributed by atoms with Crippen LogP contribution in [0.15, 0.2) is 47.4 Å². The third-order valence-corrected chi connectivity index (χ3v) is 5.96. The first-order valence-electron chi connectivity index (χ1n) is 11.7. The molecule has 4 aromatic rings. The Morgan fingerprint density at radius 2 is 1.89 bits per heavy atom. The number of hydrogen-bond acceptors (Lipinski definition) is 6. The lowest BCUT2D eigenvalue weighted by Crippen LogP contribution is -2.13. The number of pyridine rings is 1. The number of halogens is 3. The Labute approximate surface area is 203 Å². The first-order chi connectivity index (χ1) is 17.4. The number of hydrogen-bond donors (Lipinski definition) is 2. The molecule has 1 aromatic carbocycles. The molecule has 0 atom stereocenters. The van der Waals surface area contributed by atoms with Gasteiger partial charge in [0.05, 0.1) is 23.9 Å². The molecule has 0 saturated heterocycles. The molecule has 36 heavy (non-hydrogen) atoms. The number of unbranched alkanes of at least 4 members (excludes halogenated alkanes) is 2. The lowest BCUT2D eigenvalue weighted by Gasteiger charge is -2.10. The van der Waals surface area contributed by atoms with Crippen molar-refractivity contribution < 1.29 is 17.9 Å². The number of aromatic nitrogens is 7. The van der Waals surface area contributed by atoms with Gasteiger partial charge in [-0.25, -0.2) is 5.10 Å². The van der Waals surface area contributed by atoms with E-state index in [0.29, 0.717) is 53.8 Å². The molecule has 0 bridgehead atoms. The van der Waals surface area contributed by atoms with Crippen LogP contribution in [-0.4, -0.2) is 48.2 Å². The highest BCUT2D eigenvalue weighted by atomic mass is 19.4. The molecule has 12 heteroatoms. The first kappa shape index (κ1) is 23.8. The van der Waals surface area contributed by atoms with Gasteiger partial charge in [0.25, 0.3) is 5.56 Å². The summed E-state index contributed by atoms with van der Waals surface area (Å²) >= 11 is 0. The van der Waals surface area contributed by atoms with E-state index in [9.17, 15) is 18.0 Å². The molecule has 0 unspecified atom stereocenters. The molecule has 1 aliphatic carbocycles. The highest BCUT2D eigenvalue weighted by Crippen LogP contribution is 2.36. The van der Waals surface area contributed by atoms with Crippen molar-refractivity contribution in [3.8, 4) is 39.7 Å². The van der Waals surface area contributed by atoms with E-state index in [1.54, 1.807) is 12.1 Å². The van der Waals surface area contributed by atoms with E-state index in [1.165, 1.54) is 0 Å². The summed E-state index contributed by atoms with van der Waals surface area (Å²) < 4.78 is 44.2. The Bertz CT molecular complexity index is 1360. The van der Waals surface area contributed by atoms with Crippen molar-refractivity contribution in [3.63, 3.8) is 0 Å². The molecule has 0 amide bonds. The number of tetrazole rings is 1. The minimum absolute atomic E-state index is 0.0977. The lowest BCUT2D eigenvalue weighted by atomic mass is 10.0. The molecule has 3 heterocycles. The van der Waals surface area contributed by atoms with Crippen LogP contribution in [-0.2, 0) is 0 Å². The molecule has 1 saturated carbocycles. The van der Waals surface area contributed by atoms with Crippen molar-refractivity contribution in [2.75, 3.05) is 6.61 Å². The summed E-state index contributed by atoms with van der Waals surface area (Å²) in [6, 6.07) is 11.3. The van der Waals surface area contributed by atoms with Gasteiger partial charge in [-0.15, -0.1) is 5.10 Å². The molecule has 0 spiro atoms. The molecule has 2 N–H and O–H groups in total. The van der Waals surface area contributed by atoms with Gasteiger partial charge in [-0.05, 0) is 84.5 Å². The summed E-state index contributed by atoms with van der Waals surface area (Å²) in [7, 11) is 0. The first-order valence-corrected chi connectivity index (χ1v) is 11.7. The van der Waals surface area contributed by atoms with Gasteiger partial charge in [-0.2, -0.15) is 18.3 Å². The number of nitrogens with one attached hydrogen (secondary N) is 2. The van der Waals surface area contributed by atoms with Crippen molar-refractivity contribution in [2.45, 2.75) is 50.7 Å². The number of H-pyrrole nitrogens is 2. The summed E-state index contributed by atoms with van der Waals surface area (Å²) in [6.07, 6.45) is 0.287. The van der Waals surface area contributed by atoms with Crippen LogP contribution in [0.3, 0.4) is 0 Å². The van der Waals surface area contributed by atoms with E-state index in [4.69, 9.17) is 4.74 Å². The van der Waals surface area contributed by atoms with E-state index in [0.717, 1.165) is 18.4 Å². The third-order valence-electron chi connectivity index (χ3n) is 5.96. The van der Waals surface area contributed by atoms with Crippen molar-refractivity contribution in [1.82, 2.24) is 35.4 Å². The van der Waals surface area contributed by atoms with Crippen molar-refractivity contribution >= 4 is 0 Å². The predicted octanol–water partition coefficient (Wildman–Crippen LogP) is 4.92. The van der Waals surface area contributed by atoms with Crippen molar-refractivity contribution in [3.05, 3.63) is 52.9 Å². The molecule has 5 rings (SSSR count). The zero-order valence-electron chi connectivity index (χ0n) is 19.3. The fourth-order valence-electron chi connectivity index (χ4n) is 3.97. The van der Waals surface area contributed by atoms with Gasteiger partial charge < -0.3 is 9.72 Å². The van der Waals surface area contributed by atoms with Gasteiger partial charge in [0, 0.05) is 23.9 Å². The van der Waals surface area contributed by atoms with Gasteiger partial charge in [0.15, 0.2) is 5.82 Å². The summed E-state index contributed by atoms with van der Waals surface area (Å²) in [5.41, 5.74) is 2.54. The summed E-state index contributed by atoms with van der Waals surface area (Å²) in [4.78, 5) is 16.0. The van der Waals surface area contributed by atoms with Gasteiger partial charge in [0.2, 0.25) is 0 Å². The molecule has 3 aromatic heterocycles. The number of benzene rings is 1. The van der Waals surface area contributed by atoms with Crippen LogP contribution in [0.2, 0.25) is 0 Å². The number of nitrogens with zero attached hydrogens (tertiary/aromatic N) is 5. The molecule has 0 aliphatic heterocycles.